The second-order valence-electron chi connectivity index (χ2n) is 16.7. The number of ether oxygens (including phenoxy) is 2. The molecule has 0 aliphatic rings. The fourth-order valence-corrected chi connectivity index (χ4v) is 7.82. The van der Waals surface area contributed by atoms with Gasteiger partial charge in [0.1, 0.15) is 12.2 Å². The highest BCUT2D eigenvalue weighted by molar-refractivity contribution is 6.03. The molecule has 0 bridgehead atoms. The zero-order valence-corrected chi connectivity index (χ0v) is 36.6. The molecule has 1 aromatic rings. The molecule has 1 aromatic carbocycles. The summed E-state index contributed by atoms with van der Waals surface area (Å²) in [5.41, 5.74) is 0.717. The monoisotopic (exact) mass is 755 g/mol. The molecule has 4 heteroatoms. The highest BCUT2D eigenvalue weighted by Crippen LogP contribution is 2.23. The van der Waals surface area contributed by atoms with Gasteiger partial charge in [0.15, 0.2) is 0 Å². The van der Waals surface area contributed by atoms with Gasteiger partial charge >= 0.3 is 11.9 Å². The maximum absolute atomic E-state index is 13.8. The Morgan fingerprint density at radius 1 is 0.352 bits per heavy atom. The SMILES string of the molecule is CCCCCCCCCCC(CCCCCCCCCC)OC(=O)c1ccccc1C(=O)OC(CCCCCCCCCC)CCCCCCCCCC. The molecule has 54 heavy (non-hydrogen) atoms. The van der Waals surface area contributed by atoms with E-state index in [9.17, 15) is 9.59 Å². The Labute approximate surface area is 336 Å². The summed E-state index contributed by atoms with van der Waals surface area (Å²) in [5, 5.41) is 0. The molecule has 0 saturated carbocycles. The minimum absolute atomic E-state index is 0.0987. The van der Waals surface area contributed by atoms with Crippen molar-refractivity contribution in [2.45, 2.75) is 271 Å². The summed E-state index contributed by atoms with van der Waals surface area (Å²) in [6, 6.07) is 7.21. The summed E-state index contributed by atoms with van der Waals surface area (Å²) >= 11 is 0. The maximum atomic E-state index is 13.8. The Morgan fingerprint density at radius 2 is 0.556 bits per heavy atom. The number of carbonyl (C=O) groups is 2. The van der Waals surface area contributed by atoms with Crippen LogP contribution in [0.4, 0.5) is 0 Å². The zero-order chi connectivity index (χ0) is 39.2. The van der Waals surface area contributed by atoms with E-state index in [1.807, 2.05) is 12.1 Å². The van der Waals surface area contributed by atoms with Crippen LogP contribution in [0.1, 0.15) is 280 Å². The molecule has 0 aliphatic carbocycles. The lowest BCUT2D eigenvalue weighted by atomic mass is 10.0. The van der Waals surface area contributed by atoms with Crippen molar-refractivity contribution in [1.29, 1.82) is 0 Å². The predicted molar refractivity (Wildman–Crippen MR) is 234 cm³/mol. The van der Waals surface area contributed by atoms with E-state index in [4.69, 9.17) is 9.47 Å². The van der Waals surface area contributed by atoms with E-state index in [0.29, 0.717) is 11.1 Å². The number of benzene rings is 1. The first-order valence-electron chi connectivity index (χ1n) is 24.1. The van der Waals surface area contributed by atoms with Crippen LogP contribution in [-0.4, -0.2) is 24.1 Å². The van der Waals surface area contributed by atoms with Crippen LogP contribution >= 0.6 is 0 Å². The molecular weight excluding hydrogens is 665 g/mol. The molecule has 0 atom stereocenters. The number of carbonyl (C=O) groups excluding carboxylic acids is 2. The molecule has 0 unspecified atom stereocenters. The van der Waals surface area contributed by atoms with Gasteiger partial charge in [-0.2, -0.15) is 0 Å². The quantitative estimate of drug-likeness (QED) is 0.0494. The molecule has 4 nitrogen and oxygen atoms in total. The molecular formula is C50H90O4. The van der Waals surface area contributed by atoms with Crippen molar-refractivity contribution in [3.05, 3.63) is 35.4 Å². The first-order chi connectivity index (χ1) is 26.6. The second kappa shape index (κ2) is 38.1. The van der Waals surface area contributed by atoms with Gasteiger partial charge in [-0.1, -0.05) is 220 Å². The first kappa shape index (κ1) is 50.2. The fourth-order valence-electron chi connectivity index (χ4n) is 7.82. The number of hydrogen-bond donors (Lipinski definition) is 0. The molecule has 0 amide bonds. The van der Waals surface area contributed by atoms with Gasteiger partial charge in [-0.25, -0.2) is 9.59 Å². The van der Waals surface area contributed by atoms with E-state index in [-0.39, 0.29) is 24.1 Å². The lowest BCUT2D eigenvalue weighted by molar-refractivity contribution is 0.0201. The van der Waals surface area contributed by atoms with E-state index in [0.717, 1.165) is 51.4 Å². The van der Waals surface area contributed by atoms with Gasteiger partial charge in [0.05, 0.1) is 11.1 Å². The van der Waals surface area contributed by atoms with Crippen LogP contribution in [-0.2, 0) is 9.47 Å². The van der Waals surface area contributed by atoms with Crippen molar-refractivity contribution in [1.82, 2.24) is 0 Å². The molecule has 0 fully saturated rings. The molecule has 1 rings (SSSR count). The van der Waals surface area contributed by atoms with Crippen LogP contribution < -0.4 is 0 Å². The largest absolute Gasteiger partial charge is 0.459 e. The van der Waals surface area contributed by atoms with E-state index < -0.39 is 0 Å². The van der Waals surface area contributed by atoms with Gasteiger partial charge < -0.3 is 9.47 Å². The number of unbranched alkanes of at least 4 members (excludes halogenated alkanes) is 28. The number of rotatable bonds is 40. The highest BCUT2D eigenvalue weighted by Gasteiger charge is 2.24. The van der Waals surface area contributed by atoms with Crippen LogP contribution in [0.25, 0.3) is 0 Å². The number of esters is 2. The average molecular weight is 755 g/mol. The molecule has 0 aliphatic heterocycles. The van der Waals surface area contributed by atoms with Crippen LogP contribution in [0, 0.1) is 0 Å². The first-order valence-corrected chi connectivity index (χ1v) is 24.1. The van der Waals surface area contributed by atoms with Crippen molar-refractivity contribution in [3.63, 3.8) is 0 Å². The normalized spacial score (nSPS) is 11.5. The fraction of sp³-hybridized carbons (Fsp3) is 0.840. The van der Waals surface area contributed by atoms with Crippen molar-refractivity contribution in [2.24, 2.45) is 0 Å². The Kier molecular flexibility index (Phi) is 35.4. The molecule has 0 radical (unpaired) electrons. The lowest BCUT2D eigenvalue weighted by Crippen LogP contribution is -2.23. The predicted octanol–water partition coefficient (Wildman–Crippen LogP) is 16.9. The van der Waals surface area contributed by atoms with Gasteiger partial charge in [0, 0.05) is 0 Å². The Hall–Kier alpha value is -1.84. The molecule has 0 N–H and O–H groups in total. The molecule has 0 saturated heterocycles. The van der Waals surface area contributed by atoms with Crippen molar-refractivity contribution in [2.75, 3.05) is 0 Å². The summed E-state index contributed by atoms with van der Waals surface area (Å²) in [5.74, 6) is -0.733. The van der Waals surface area contributed by atoms with Gasteiger partial charge in [0.2, 0.25) is 0 Å². The Morgan fingerprint density at radius 3 is 0.778 bits per heavy atom. The minimum atomic E-state index is -0.366. The number of hydrogen-bond acceptors (Lipinski definition) is 4. The molecule has 0 aromatic heterocycles. The lowest BCUT2D eigenvalue weighted by Gasteiger charge is -2.21. The van der Waals surface area contributed by atoms with Gasteiger partial charge in [-0.05, 0) is 63.5 Å². The third-order valence-corrected chi connectivity index (χ3v) is 11.4. The van der Waals surface area contributed by atoms with Gasteiger partial charge in [-0.15, -0.1) is 0 Å². The van der Waals surface area contributed by atoms with Crippen molar-refractivity contribution < 1.29 is 19.1 Å². The Balaban J connectivity index is 2.82. The van der Waals surface area contributed by atoms with E-state index in [1.54, 1.807) is 12.1 Å². The molecule has 0 spiro atoms. The van der Waals surface area contributed by atoms with Crippen molar-refractivity contribution in [3.8, 4) is 0 Å². The highest BCUT2D eigenvalue weighted by atomic mass is 16.5. The van der Waals surface area contributed by atoms with E-state index in [2.05, 4.69) is 27.7 Å². The standard InChI is InChI=1S/C50H90O4/c1-5-9-13-17-21-25-29-33-39-45(40-34-30-26-22-18-14-10-6-2)53-49(51)47-43-37-38-44-48(47)50(52)54-46(41-35-31-27-23-19-15-11-7-3)42-36-32-28-24-20-16-12-8-4/h37-38,43-46H,5-36,39-42H2,1-4H3. The van der Waals surface area contributed by atoms with Gasteiger partial charge in [-0.3, -0.25) is 0 Å². The summed E-state index contributed by atoms with van der Waals surface area (Å²) in [4.78, 5) is 27.6. The van der Waals surface area contributed by atoms with Crippen LogP contribution in [0.15, 0.2) is 24.3 Å². The maximum Gasteiger partial charge on any atom is 0.339 e. The molecule has 314 valence electrons. The zero-order valence-electron chi connectivity index (χ0n) is 36.6. The summed E-state index contributed by atoms with van der Waals surface area (Å²) in [6.07, 6.45) is 44.0. The summed E-state index contributed by atoms with van der Waals surface area (Å²) in [7, 11) is 0. The van der Waals surface area contributed by atoms with Crippen LogP contribution in [0.5, 0.6) is 0 Å². The smallest absolute Gasteiger partial charge is 0.339 e. The average Bonchev–Trinajstić information content (AvgIpc) is 3.18. The van der Waals surface area contributed by atoms with E-state index >= 15 is 0 Å². The minimum Gasteiger partial charge on any atom is -0.459 e. The summed E-state index contributed by atoms with van der Waals surface area (Å²) in [6.45, 7) is 9.07. The third kappa shape index (κ3) is 28.6. The molecule has 0 heterocycles. The van der Waals surface area contributed by atoms with Crippen molar-refractivity contribution >= 4 is 11.9 Å². The van der Waals surface area contributed by atoms with Crippen LogP contribution in [0.2, 0.25) is 0 Å². The van der Waals surface area contributed by atoms with Gasteiger partial charge in [0.25, 0.3) is 0 Å². The second-order valence-corrected chi connectivity index (χ2v) is 16.7. The Bertz CT molecular complexity index is 856. The summed E-state index contributed by atoms with van der Waals surface area (Å²) < 4.78 is 12.5. The third-order valence-electron chi connectivity index (χ3n) is 11.4. The van der Waals surface area contributed by atoms with E-state index in [1.165, 1.54) is 180 Å². The van der Waals surface area contributed by atoms with Crippen LogP contribution in [0.3, 0.4) is 0 Å². The topological polar surface area (TPSA) is 52.6 Å².